The number of fused-ring (bicyclic) bond motifs is 1. The second-order valence-corrected chi connectivity index (χ2v) is 3.74. The van der Waals surface area contributed by atoms with Crippen LogP contribution >= 0.6 is 11.8 Å². The van der Waals surface area contributed by atoms with Crippen LogP contribution in [-0.4, -0.2) is 11.4 Å². The summed E-state index contributed by atoms with van der Waals surface area (Å²) in [5, 5.41) is 4.34. The zero-order valence-corrected chi connectivity index (χ0v) is 8.40. The van der Waals surface area contributed by atoms with E-state index in [2.05, 4.69) is 34.6 Å². The van der Waals surface area contributed by atoms with Crippen LogP contribution in [-0.2, 0) is 13.1 Å². The van der Waals surface area contributed by atoms with Gasteiger partial charge in [-0.15, -0.1) is 0 Å². The molecule has 0 saturated heterocycles. The van der Waals surface area contributed by atoms with Crippen LogP contribution in [0.25, 0.3) is 0 Å². The number of nitrogens with one attached hydrogen (secondary N) is 1. The predicted octanol–water partition coefficient (Wildman–Crippen LogP) is 2.01. The van der Waals surface area contributed by atoms with Gasteiger partial charge in [0.25, 0.3) is 0 Å². The number of rotatable bonds is 0. The number of amidine groups is 1. The van der Waals surface area contributed by atoms with Gasteiger partial charge in [-0.3, -0.25) is 4.99 Å². The van der Waals surface area contributed by atoms with Crippen molar-refractivity contribution in [3.8, 4) is 0 Å². The Morgan fingerprint density at radius 1 is 1.31 bits per heavy atom. The van der Waals surface area contributed by atoms with E-state index in [0.717, 1.165) is 18.3 Å². The monoisotopic (exact) mass is 192 g/mol. The molecule has 0 spiro atoms. The summed E-state index contributed by atoms with van der Waals surface area (Å²) in [6.07, 6.45) is 2.04. The van der Waals surface area contributed by atoms with Gasteiger partial charge < -0.3 is 5.32 Å². The highest BCUT2D eigenvalue weighted by Crippen LogP contribution is 2.14. The zero-order valence-electron chi connectivity index (χ0n) is 7.58. The molecular formula is C10H12N2S. The maximum absolute atomic E-state index is 4.45. The molecule has 0 saturated carbocycles. The molecule has 0 radical (unpaired) electrons. The Hall–Kier alpha value is -0.960. The molecule has 13 heavy (non-hydrogen) atoms. The molecular weight excluding hydrogens is 180 g/mol. The first-order valence-corrected chi connectivity index (χ1v) is 5.51. The minimum atomic E-state index is 0.805. The van der Waals surface area contributed by atoms with Crippen LogP contribution in [0, 0.1) is 0 Å². The van der Waals surface area contributed by atoms with E-state index in [-0.39, 0.29) is 0 Å². The maximum Gasteiger partial charge on any atom is 0.156 e. The lowest BCUT2D eigenvalue weighted by atomic mass is 10.1. The van der Waals surface area contributed by atoms with Gasteiger partial charge in [-0.05, 0) is 17.4 Å². The molecule has 0 fully saturated rings. The lowest BCUT2D eigenvalue weighted by Gasteiger charge is -2.04. The Balaban J connectivity index is 2.26. The van der Waals surface area contributed by atoms with Gasteiger partial charge in [-0.2, -0.15) is 0 Å². The Morgan fingerprint density at radius 3 is 2.85 bits per heavy atom. The highest BCUT2D eigenvalue weighted by Gasteiger charge is 2.06. The summed E-state index contributed by atoms with van der Waals surface area (Å²) in [4.78, 5) is 4.45. The lowest BCUT2D eigenvalue weighted by Crippen LogP contribution is -2.17. The third-order valence-electron chi connectivity index (χ3n) is 2.13. The van der Waals surface area contributed by atoms with Crippen molar-refractivity contribution in [1.82, 2.24) is 5.32 Å². The molecule has 0 unspecified atom stereocenters. The zero-order chi connectivity index (χ0) is 9.10. The molecule has 0 amide bonds. The number of aliphatic imine (C=N–C) groups is 1. The highest BCUT2D eigenvalue weighted by molar-refractivity contribution is 8.13. The Kier molecular flexibility index (Phi) is 2.54. The normalized spacial score (nSPS) is 15.3. The predicted molar refractivity (Wildman–Crippen MR) is 57.9 cm³/mol. The van der Waals surface area contributed by atoms with E-state index >= 15 is 0 Å². The van der Waals surface area contributed by atoms with Crippen LogP contribution in [0.5, 0.6) is 0 Å². The molecule has 1 aromatic carbocycles. The van der Waals surface area contributed by atoms with Crippen LogP contribution in [0.2, 0.25) is 0 Å². The molecule has 0 atom stereocenters. The summed E-state index contributed by atoms with van der Waals surface area (Å²) in [5.41, 5.74) is 2.69. The smallest absolute Gasteiger partial charge is 0.156 e. The summed E-state index contributed by atoms with van der Waals surface area (Å²) < 4.78 is 0. The van der Waals surface area contributed by atoms with Gasteiger partial charge in [0.2, 0.25) is 0 Å². The van der Waals surface area contributed by atoms with E-state index in [1.807, 2.05) is 6.26 Å². The summed E-state index contributed by atoms with van der Waals surface area (Å²) in [5.74, 6) is 0. The molecule has 68 valence electrons. The molecule has 0 bridgehead atoms. The number of hydrogen-bond donors (Lipinski definition) is 1. The standard InChI is InChI=1S/C10H12N2S/c1-13-10-11-6-8-4-2-3-5-9(8)7-12-10/h2-5H,6-7H2,1H3,(H,11,12). The molecule has 3 heteroatoms. The average Bonchev–Trinajstić information content (AvgIpc) is 2.39. The van der Waals surface area contributed by atoms with Crippen LogP contribution in [0.15, 0.2) is 29.3 Å². The van der Waals surface area contributed by atoms with Gasteiger partial charge in [0, 0.05) is 6.54 Å². The fraction of sp³-hybridized carbons (Fsp3) is 0.300. The summed E-state index contributed by atoms with van der Waals surface area (Å²) in [6.45, 7) is 1.70. The minimum absolute atomic E-state index is 0.805. The Labute approximate surface area is 82.5 Å². The number of nitrogens with zero attached hydrogens (tertiary/aromatic N) is 1. The van der Waals surface area contributed by atoms with E-state index in [1.54, 1.807) is 11.8 Å². The first-order chi connectivity index (χ1) is 6.40. The molecule has 2 nitrogen and oxygen atoms in total. The van der Waals surface area contributed by atoms with Crippen LogP contribution in [0.4, 0.5) is 0 Å². The molecule has 2 rings (SSSR count). The van der Waals surface area contributed by atoms with E-state index < -0.39 is 0 Å². The van der Waals surface area contributed by atoms with Crippen molar-refractivity contribution in [2.45, 2.75) is 13.1 Å². The topological polar surface area (TPSA) is 24.4 Å². The van der Waals surface area contributed by atoms with Crippen LogP contribution in [0.3, 0.4) is 0 Å². The number of hydrogen-bond acceptors (Lipinski definition) is 3. The molecule has 0 aliphatic carbocycles. The van der Waals surface area contributed by atoms with Crippen molar-refractivity contribution in [3.05, 3.63) is 35.4 Å². The highest BCUT2D eigenvalue weighted by atomic mass is 32.2. The van der Waals surface area contributed by atoms with Gasteiger partial charge >= 0.3 is 0 Å². The summed E-state index contributed by atoms with van der Waals surface area (Å²) in [7, 11) is 0. The average molecular weight is 192 g/mol. The van der Waals surface area contributed by atoms with E-state index in [4.69, 9.17) is 0 Å². The van der Waals surface area contributed by atoms with Crippen LogP contribution in [0.1, 0.15) is 11.1 Å². The largest absolute Gasteiger partial charge is 0.361 e. The second-order valence-electron chi connectivity index (χ2n) is 2.95. The third kappa shape index (κ3) is 1.86. The molecule has 1 aliphatic heterocycles. The minimum Gasteiger partial charge on any atom is -0.361 e. The molecule has 0 aromatic heterocycles. The fourth-order valence-corrected chi connectivity index (χ4v) is 1.81. The van der Waals surface area contributed by atoms with E-state index in [1.165, 1.54) is 11.1 Å². The van der Waals surface area contributed by atoms with Crippen molar-refractivity contribution in [2.75, 3.05) is 6.26 Å². The van der Waals surface area contributed by atoms with Crippen molar-refractivity contribution in [3.63, 3.8) is 0 Å². The quantitative estimate of drug-likeness (QED) is 0.680. The molecule has 1 aliphatic rings. The van der Waals surface area contributed by atoms with Gasteiger partial charge in [0.05, 0.1) is 6.54 Å². The second kappa shape index (κ2) is 3.83. The SMILES string of the molecule is CSC1=NCc2ccccc2CN1. The number of benzene rings is 1. The lowest BCUT2D eigenvalue weighted by molar-refractivity contribution is 0.931. The third-order valence-corrected chi connectivity index (χ3v) is 2.79. The van der Waals surface area contributed by atoms with E-state index in [0.29, 0.717) is 0 Å². The first-order valence-electron chi connectivity index (χ1n) is 4.29. The van der Waals surface area contributed by atoms with Crippen molar-refractivity contribution in [2.24, 2.45) is 4.99 Å². The first kappa shape index (κ1) is 8.63. The summed E-state index contributed by atoms with van der Waals surface area (Å²) >= 11 is 1.67. The van der Waals surface area contributed by atoms with Gasteiger partial charge in [-0.25, -0.2) is 0 Å². The number of thioether (sulfide) groups is 1. The van der Waals surface area contributed by atoms with Gasteiger partial charge in [0.1, 0.15) is 0 Å². The van der Waals surface area contributed by atoms with Crippen LogP contribution < -0.4 is 5.32 Å². The van der Waals surface area contributed by atoms with Crippen molar-refractivity contribution < 1.29 is 0 Å². The van der Waals surface area contributed by atoms with Gasteiger partial charge in [-0.1, -0.05) is 36.0 Å². The summed E-state index contributed by atoms with van der Waals surface area (Å²) in [6, 6.07) is 8.44. The fourth-order valence-electron chi connectivity index (χ4n) is 1.40. The Bertz CT molecular complexity index is 333. The molecule has 1 heterocycles. The molecule has 1 aromatic rings. The maximum atomic E-state index is 4.45. The van der Waals surface area contributed by atoms with E-state index in [9.17, 15) is 0 Å². The van der Waals surface area contributed by atoms with Gasteiger partial charge in [0.15, 0.2) is 5.17 Å². The Morgan fingerprint density at radius 2 is 2.08 bits per heavy atom. The molecule has 1 N–H and O–H groups in total. The van der Waals surface area contributed by atoms with Crippen molar-refractivity contribution >= 4 is 16.9 Å². The van der Waals surface area contributed by atoms with Crippen molar-refractivity contribution in [1.29, 1.82) is 0 Å².